The highest BCUT2D eigenvalue weighted by atomic mass is 19.4. The summed E-state index contributed by atoms with van der Waals surface area (Å²) in [5.74, 6) is -20.3. The van der Waals surface area contributed by atoms with Gasteiger partial charge in [-0.3, -0.25) is 4.79 Å². The van der Waals surface area contributed by atoms with Gasteiger partial charge < -0.3 is 4.74 Å². The van der Waals surface area contributed by atoms with Gasteiger partial charge in [0.15, 0.2) is 0 Å². The Bertz CT molecular complexity index is 767. The number of halogens is 15. The second-order valence-electron chi connectivity index (χ2n) is 8.03. The van der Waals surface area contributed by atoms with Crippen LogP contribution in [0.3, 0.4) is 0 Å². The van der Waals surface area contributed by atoms with Crippen LogP contribution in [0, 0.1) is 17.8 Å². The monoisotopic (exact) mass is 586 g/mol. The van der Waals surface area contributed by atoms with E-state index in [1.807, 2.05) is 0 Å². The molecule has 0 saturated heterocycles. The molecule has 0 aromatic carbocycles. The zero-order valence-corrected chi connectivity index (χ0v) is 19.2. The Labute approximate surface area is 199 Å². The number of ether oxygens (including phenoxy) is 3. The summed E-state index contributed by atoms with van der Waals surface area (Å²) in [5, 5.41) is 0. The Morgan fingerprint density at radius 1 is 0.649 bits per heavy atom. The lowest BCUT2D eigenvalue weighted by atomic mass is 9.84. The molecule has 222 valence electrons. The predicted molar refractivity (Wildman–Crippen MR) is 91.0 cm³/mol. The van der Waals surface area contributed by atoms with Gasteiger partial charge in [-0.05, 0) is 18.3 Å². The number of carbonyl (C=O) groups is 1. The predicted octanol–water partition coefficient (Wildman–Crippen LogP) is 7.82. The van der Waals surface area contributed by atoms with E-state index in [1.54, 1.807) is 13.8 Å². The first-order valence-corrected chi connectivity index (χ1v) is 10.1. The van der Waals surface area contributed by atoms with Gasteiger partial charge in [-0.2, -0.15) is 57.1 Å². The lowest BCUT2D eigenvalue weighted by Crippen LogP contribution is -2.64. The van der Waals surface area contributed by atoms with E-state index in [1.165, 1.54) is 18.6 Å². The summed E-state index contributed by atoms with van der Waals surface area (Å²) in [6.07, 6.45) is -35.6. The van der Waals surface area contributed by atoms with Crippen LogP contribution in [-0.2, 0) is 19.0 Å². The maximum absolute atomic E-state index is 13.7. The number of alkyl halides is 15. The normalized spacial score (nSPS) is 17.4. The molecule has 0 heterocycles. The third-order valence-corrected chi connectivity index (χ3v) is 5.16. The van der Waals surface area contributed by atoms with Crippen molar-refractivity contribution in [3.05, 3.63) is 0 Å². The van der Waals surface area contributed by atoms with E-state index in [4.69, 9.17) is 0 Å². The molecule has 0 N–H and O–H groups in total. The highest BCUT2D eigenvalue weighted by Gasteiger charge is 2.85. The van der Waals surface area contributed by atoms with Crippen molar-refractivity contribution in [2.45, 2.75) is 89.6 Å². The molecular weight excluding hydrogens is 565 g/mol. The molecule has 0 aliphatic heterocycles. The molecule has 0 aromatic heterocycles. The molecular formula is C18H21F15O4. The van der Waals surface area contributed by atoms with Crippen LogP contribution in [0.5, 0.6) is 0 Å². The van der Waals surface area contributed by atoms with Crippen LogP contribution in [0.25, 0.3) is 0 Å². The highest BCUT2D eigenvalue weighted by molar-refractivity contribution is 5.73. The quantitative estimate of drug-likeness (QED) is 0.118. The van der Waals surface area contributed by atoms with E-state index in [0.29, 0.717) is 6.42 Å². The average Bonchev–Trinajstić information content (AvgIpc) is 2.67. The van der Waals surface area contributed by atoms with Crippen molar-refractivity contribution in [1.29, 1.82) is 0 Å². The fraction of sp³-hybridized carbons (Fsp3) is 0.944. The lowest BCUT2D eigenvalue weighted by molar-refractivity contribution is -0.558. The molecule has 0 aliphatic carbocycles. The molecule has 3 atom stereocenters. The molecule has 0 aromatic rings. The van der Waals surface area contributed by atoms with Crippen molar-refractivity contribution in [3.8, 4) is 0 Å². The molecule has 0 aliphatic rings. The third-order valence-electron chi connectivity index (χ3n) is 5.16. The van der Waals surface area contributed by atoms with Gasteiger partial charge in [-0.25, -0.2) is 9.47 Å². The number of esters is 1. The number of rotatable bonds is 14. The summed E-state index contributed by atoms with van der Waals surface area (Å²) in [4.78, 5) is 12.1. The molecule has 19 heteroatoms. The summed E-state index contributed by atoms with van der Waals surface area (Å²) >= 11 is 0. The zero-order valence-electron chi connectivity index (χ0n) is 19.2. The minimum atomic E-state index is -7.95. The Morgan fingerprint density at radius 2 is 1.08 bits per heavy atom. The first-order chi connectivity index (χ1) is 16.1. The topological polar surface area (TPSA) is 44.8 Å². The Kier molecular flexibility index (Phi) is 10.7. The van der Waals surface area contributed by atoms with Gasteiger partial charge in [0.05, 0.1) is 5.92 Å². The zero-order chi connectivity index (χ0) is 30.1. The lowest BCUT2D eigenvalue weighted by Gasteiger charge is -2.36. The van der Waals surface area contributed by atoms with E-state index in [9.17, 15) is 70.7 Å². The third kappa shape index (κ3) is 7.92. The summed E-state index contributed by atoms with van der Waals surface area (Å²) in [5.41, 5.74) is 0. The van der Waals surface area contributed by atoms with E-state index >= 15 is 0 Å². The van der Waals surface area contributed by atoms with Crippen LogP contribution in [-0.4, -0.2) is 48.6 Å². The fourth-order valence-corrected chi connectivity index (χ4v) is 2.51. The average molecular weight is 586 g/mol. The van der Waals surface area contributed by atoms with Gasteiger partial charge in [-0.1, -0.05) is 40.5 Å². The summed E-state index contributed by atoms with van der Waals surface area (Å²) in [6, 6.07) is 0. The second kappa shape index (κ2) is 11.2. The van der Waals surface area contributed by atoms with Crippen molar-refractivity contribution in [2.24, 2.45) is 17.8 Å². The van der Waals surface area contributed by atoms with Crippen LogP contribution in [0.1, 0.15) is 47.0 Å². The molecule has 4 nitrogen and oxygen atoms in total. The van der Waals surface area contributed by atoms with Crippen molar-refractivity contribution in [1.82, 2.24) is 0 Å². The summed E-state index contributed by atoms with van der Waals surface area (Å²) in [7, 11) is 0. The van der Waals surface area contributed by atoms with Gasteiger partial charge in [0, 0.05) is 0 Å². The number of hydrogen-bond acceptors (Lipinski definition) is 4. The smallest absolute Gasteiger partial charge is 0.376 e. The number of carbonyl (C=O) groups excluding carboxylic acids is 1. The van der Waals surface area contributed by atoms with Crippen molar-refractivity contribution < 1.29 is 84.9 Å². The molecule has 0 radical (unpaired) electrons. The molecule has 0 bridgehead atoms. The molecule has 0 rings (SSSR count). The van der Waals surface area contributed by atoms with Crippen molar-refractivity contribution >= 4 is 5.97 Å². The van der Waals surface area contributed by atoms with Crippen LogP contribution < -0.4 is 0 Å². The largest absolute Gasteiger partial charge is 0.542 e. The molecule has 3 unspecified atom stereocenters. The first kappa shape index (κ1) is 35.3. The summed E-state index contributed by atoms with van der Waals surface area (Å²) in [6.45, 7) is 5.97. The van der Waals surface area contributed by atoms with Crippen LogP contribution in [0.15, 0.2) is 0 Å². The molecule has 0 spiro atoms. The minimum absolute atomic E-state index is 0.135. The van der Waals surface area contributed by atoms with Crippen LogP contribution in [0.4, 0.5) is 65.9 Å². The molecule has 0 saturated carbocycles. The maximum atomic E-state index is 13.7. The van der Waals surface area contributed by atoms with Gasteiger partial charge >= 0.3 is 48.6 Å². The van der Waals surface area contributed by atoms with E-state index in [-0.39, 0.29) is 18.8 Å². The maximum Gasteiger partial charge on any atom is 0.542 e. The van der Waals surface area contributed by atoms with Gasteiger partial charge in [0.1, 0.15) is 0 Å². The Balaban J connectivity index is 5.91. The van der Waals surface area contributed by atoms with Crippen LogP contribution >= 0.6 is 0 Å². The van der Waals surface area contributed by atoms with Gasteiger partial charge in [-0.15, -0.1) is 8.78 Å². The fourth-order valence-electron chi connectivity index (χ4n) is 2.51. The van der Waals surface area contributed by atoms with Crippen molar-refractivity contribution in [2.75, 3.05) is 0 Å². The second-order valence-corrected chi connectivity index (χ2v) is 8.03. The van der Waals surface area contributed by atoms with E-state index < -0.39 is 60.4 Å². The number of hydrogen-bond donors (Lipinski definition) is 0. The first-order valence-electron chi connectivity index (χ1n) is 10.1. The van der Waals surface area contributed by atoms with Crippen molar-refractivity contribution in [3.63, 3.8) is 0 Å². The highest BCUT2D eigenvalue weighted by Crippen LogP contribution is 2.56. The standard InChI is InChI=1S/C18H21F15O4/c1-5-8(3)7-10(9(4)6-2)11(34)35-18(32,33)37-17(30,31)16(28,29)36-15(26,27)13(21,22)12(19,20)14(23,24)25/h8-10H,5-7H2,1-4H3. The Morgan fingerprint density at radius 3 is 1.46 bits per heavy atom. The molecule has 37 heavy (non-hydrogen) atoms. The summed E-state index contributed by atoms with van der Waals surface area (Å²) < 4.78 is 202. The van der Waals surface area contributed by atoms with E-state index in [0.717, 1.165) is 0 Å². The van der Waals surface area contributed by atoms with Gasteiger partial charge in [0.2, 0.25) is 0 Å². The van der Waals surface area contributed by atoms with Gasteiger partial charge in [0.25, 0.3) is 0 Å². The van der Waals surface area contributed by atoms with Crippen LogP contribution in [0.2, 0.25) is 0 Å². The molecule has 0 amide bonds. The van der Waals surface area contributed by atoms with E-state index in [2.05, 4.69) is 9.47 Å². The molecule has 0 fully saturated rings. The minimum Gasteiger partial charge on any atom is -0.376 e. The Hall–Kier alpha value is -1.66. The SMILES string of the molecule is CCC(C)CC(C(=O)OC(F)(F)OC(F)(F)C(F)(F)OC(F)(F)C(F)(F)C(F)(F)C(F)(F)F)C(C)CC.